The molecule has 2 fully saturated rings. The SMILES string of the molecule is CC(C)CN=C(N)NC1CCN2CCCC12. The molecule has 2 aliphatic heterocycles. The van der Waals surface area contributed by atoms with Crippen molar-refractivity contribution in [2.45, 2.75) is 45.2 Å². The van der Waals surface area contributed by atoms with Gasteiger partial charge in [0.2, 0.25) is 0 Å². The summed E-state index contributed by atoms with van der Waals surface area (Å²) < 4.78 is 0. The summed E-state index contributed by atoms with van der Waals surface area (Å²) in [6, 6.07) is 1.23. The normalized spacial score (nSPS) is 31.1. The molecule has 0 aromatic rings. The van der Waals surface area contributed by atoms with Crippen molar-refractivity contribution in [3.8, 4) is 0 Å². The fourth-order valence-corrected chi connectivity index (χ4v) is 2.77. The lowest BCUT2D eigenvalue weighted by atomic mass is 10.1. The monoisotopic (exact) mass is 224 g/mol. The zero-order valence-electron chi connectivity index (χ0n) is 10.4. The third-order valence-corrected chi connectivity index (χ3v) is 3.57. The quantitative estimate of drug-likeness (QED) is 0.550. The second-order valence-electron chi connectivity index (χ2n) is 5.40. The number of guanidine groups is 1. The molecule has 0 amide bonds. The summed E-state index contributed by atoms with van der Waals surface area (Å²) in [5.41, 5.74) is 5.90. The van der Waals surface area contributed by atoms with Gasteiger partial charge in [-0.2, -0.15) is 0 Å². The van der Waals surface area contributed by atoms with Crippen LogP contribution in [-0.2, 0) is 0 Å². The Morgan fingerprint density at radius 2 is 2.25 bits per heavy atom. The Kier molecular flexibility index (Phi) is 3.69. The van der Waals surface area contributed by atoms with Crippen LogP contribution in [-0.4, -0.2) is 42.6 Å². The summed E-state index contributed by atoms with van der Waals surface area (Å²) >= 11 is 0. The van der Waals surface area contributed by atoms with Crippen LogP contribution in [0.2, 0.25) is 0 Å². The van der Waals surface area contributed by atoms with Crippen LogP contribution in [0.15, 0.2) is 4.99 Å². The van der Waals surface area contributed by atoms with E-state index in [1.165, 1.54) is 32.4 Å². The smallest absolute Gasteiger partial charge is 0.188 e. The third-order valence-electron chi connectivity index (χ3n) is 3.57. The highest BCUT2D eigenvalue weighted by molar-refractivity contribution is 5.78. The molecule has 0 saturated carbocycles. The minimum atomic E-state index is 0.526. The average Bonchev–Trinajstić information content (AvgIpc) is 2.80. The van der Waals surface area contributed by atoms with Crippen LogP contribution in [0.25, 0.3) is 0 Å². The minimum Gasteiger partial charge on any atom is -0.370 e. The molecule has 92 valence electrons. The highest BCUT2D eigenvalue weighted by atomic mass is 15.3. The van der Waals surface area contributed by atoms with Gasteiger partial charge >= 0.3 is 0 Å². The van der Waals surface area contributed by atoms with Crippen LogP contribution >= 0.6 is 0 Å². The van der Waals surface area contributed by atoms with E-state index in [0.717, 1.165) is 6.54 Å². The Morgan fingerprint density at radius 3 is 3.00 bits per heavy atom. The van der Waals surface area contributed by atoms with Crippen LogP contribution in [0, 0.1) is 5.92 Å². The summed E-state index contributed by atoms with van der Waals surface area (Å²) in [7, 11) is 0. The molecule has 2 saturated heterocycles. The number of nitrogens with two attached hydrogens (primary N) is 1. The van der Waals surface area contributed by atoms with Crippen molar-refractivity contribution in [3.05, 3.63) is 0 Å². The summed E-state index contributed by atoms with van der Waals surface area (Å²) in [6.45, 7) is 7.63. The highest BCUT2D eigenvalue weighted by Crippen LogP contribution is 2.27. The van der Waals surface area contributed by atoms with E-state index in [1.54, 1.807) is 0 Å². The molecule has 0 radical (unpaired) electrons. The molecule has 2 heterocycles. The Bertz CT molecular complexity index is 262. The molecule has 4 heteroatoms. The van der Waals surface area contributed by atoms with Crippen molar-refractivity contribution >= 4 is 5.96 Å². The van der Waals surface area contributed by atoms with Gasteiger partial charge in [-0.1, -0.05) is 13.8 Å². The predicted molar refractivity (Wildman–Crippen MR) is 67.5 cm³/mol. The van der Waals surface area contributed by atoms with Gasteiger partial charge in [0.25, 0.3) is 0 Å². The van der Waals surface area contributed by atoms with Crippen molar-refractivity contribution < 1.29 is 0 Å². The Morgan fingerprint density at radius 1 is 1.44 bits per heavy atom. The van der Waals surface area contributed by atoms with E-state index in [1.807, 2.05) is 0 Å². The fraction of sp³-hybridized carbons (Fsp3) is 0.917. The lowest BCUT2D eigenvalue weighted by molar-refractivity contribution is 0.308. The second kappa shape index (κ2) is 5.04. The minimum absolute atomic E-state index is 0.526. The van der Waals surface area contributed by atoms with Gasteiger partial charge in [0.1, 0.15) is 0 Å². The molecule has 0 aromatic heterocycles. The zero-order chi connectivity index (χ0) is 11.5. The molecule has 2 atom stereocenters. The second-order valence-corrected chi connectivity index (χ2v) is 5.40. The molecular formula is C12H24N4. The number of hydrogen-bond donors (Lipinski definition) is 2. The van der Waals surface area contributed by atoms with Crippen molar-refractivity contribution in [2.75, 3.05) is 19.6 Å². The van der Waals surface area contributed by atoms with E-state index in [9.17, 15) is 0 Å². The molecule has 2 unspecified atom stereocenters. The first-order chi connectivity index (χ1) is 7.66. The predicted octanol–water partition coefficient (Wildman–Crippen LogP) is 0.783. The summed E-state index contributed by atoms with van der Waals surface area (Å²) in [5, 5.41) is 3.39. The molecule has 0 bridgehead atoms. The number of fused-ring (bicyclic) bond motifs is 1. The van der Waals surface area contributed by atoms with Crippen LogP contribution < -0.4 is 11.1 Å². The van der Waals surface area contributed by atoms with Gasteiger partial charge in [0.05, 0.1) is 0 Å². The lowest BCUT2D eigenvalue weighted by Crippen LogP contribution is -2.45. The van der Waals surface area contributed by atoms with Gasteiger partial charge in [-0.3, -0.25) is 9.89 Å². The Labute approximate surface area is 98.3 Å². The van der Waals surface area contributed by atoms with Crippen LogP contribution in [0.5, 0.6) is 0 Å². The standard InChI is InChI=1S/C12H24N4/c1-9(2)8-14-12(13)15-10-5-7-16-6-3-4-11(10)16/h9-11H,3-8H2,1-2H3,(H3,13,14,15). The molecule has 3 N–H and O–H groups in total. The van der Waals surface area contributed by atoms with E-state index in [-0.39, 0.29) is 0 Å². The molecular weight excluding hydrogens is 200 g/mol. The van der Waals surface area contributed by atoms with Gasteiger partial charge in [-0.25, -0.2) is 0 Å². The van der Waals surface area contributed by atoms with Crippen LogP contribution in [0.4, 0.5) is 0 Å². The average molecular weight is 224 g/mol. The van der Waals surface area contributed by atoms with Crippen molar-refractivity contribution in [2.24, 2.45) is 16.6 Å². The number of nitrogens with one attached hydrogen (secondary N) is 1. The fourth-order valence-electron chi connectivity index (χ4n) is 2.77. The first-order valence-electron chi connectivity index (χ1n) is 6.47. The van der Waals surface area contributed by atoms with Crippen molar-refractivity contribution in [1.29, 1.82) is 0 Å². The van der Waals surface area contributed by atoms with Gasteiger partial charge in [0.15, 0.2) is 5.96 Å². The maximum Gasteiger partial charge on any atom is 0.188 e. The third kappa shape index (κ3) is 2.67. The van der Waals surface area contributed by atoms with E-state index >= 15 is 0 Å². The first-order valence-corrected chi connectivity index (χ1v) is 6.47. The van der Waals surface area contributed by atoms with Gasteiger partial charge in [-0.15, -0.1) is 0 Å². The molecule has 0 aliphatic carbocycles. The number of rotatable bonds is 3. The molecule has 0 spiro atoms. The molecule has 2 aliphatic rings. The molecule has 0 aromatic carbocycles. The molecule has 16 heavy (non-hydrogen) atoms. The van der Waals surface area contributed by atoms with Crippen molar-refractivity contribution in [3.63, 3.8) is 0 Å². The maximum atomic E-state index is 5.90. The van der Waals surface area contributed by atoms with Crippen molar-refractivity contribution in [1.82, 2.24) is 10.2 Å². The molecule has 4 nitrogen and oxygen atoms in total. The van der Waals surface area contributed by atoms with Gasteiger partial charge < -0.3 is 11.1 Å². The Hall–Kier alpha value is -0.770. The van der Waals surface area contributed by atoms with E-state index < -0.39 is 0 Å². The van der Waals surface area contributed by atoms with E-state index in [0.29, 0.717) is 24.0 Å². The summed E-state index contributed by atoms with van der Waals surface area (Å²) in [4.78, 5) is 6.94. The molecule has 2 rings (SSSR count). The van der Waals surface area contributed by atoms with E-state index in [2.05, 4.69) is 29.1 Å². The van der Waals surface area contributed by atoms with Gasteiger partial charge in [-0.05, 0) is 31.7 Å². The van der Waals surface area contributed by atoms with Crippen LogP contribution in [0.1, 0.15) is 33.1 Å². The summed E-state index contributed by atoms with van der Waals surface area (Å²) in [6.07, 6.45) is 3.86. The number of hydrogen-bond acceptors (Lipinski definition) is 2. The first kappa shape index (κ1) is 11.7. The van der Waals surface area contributed by atoms with Gasteiger partial charge in [0, 0.05) is 25.2 Å². The zero-order valence-corrected chi connectivity index (χ0v) is 10.4. The largest absolute Gasteiger partial charge is 0.370 e. The maximum absolute atomic E-state index is 5.90. The Balaban J connectivity index is 1.83. The number of nitrogens with zero attached hydrogens (tertiary/aromatic N) is 2. The summed E-state index contributed by atoms with van der Waals surface area (Å²) in [5.74, 6) is 1.21. The highest BCUT2D eigenvalue weighted by Gasteiger charge is 2.37. The van der Waals surface area contributed by atoms with Crippen LogP contribution in [0.3, 0.4) is 0 Å². The lowest BCUT2D eigenvalue weighted by Gasteiger charge is -2.21. The van der Waals surface area contributed by atoms with E-state index in [4.69, 9.17) is 5.73 Å². The number of aliphatic imine (C=N–C) groups is 1. The topological polar surface area (TPSA) is 53.6 Å².